The van der Waals surface area contributed by atoms with Crippen molar-refractivity contribution < 1.29 is 23.9 Å². The van der Waals surface area contributed by atoms with Crippen LogP contribution in [0.2, 0.25) is 0 Å². The molecule has 2 amide bonds. The third-order valence-corrected chi connectivity index (χ3v) is 4.35. The molecule has 7 nitrogen and oxygen atoms in total. The molecule has 0 fully saturated rings. The summed E-state index contributed by atoms with van der Waals surface area (Å²) in [5.74, 6) is -0.438. The Hall–Kier alpha value is -3.61. The maximum atomic E-state index is 12.4. The van der Waals surface area contributed by atoms with Crippen LogP contribution in [0.3, 0.4) is 0 Å². The molecule has 0 unspecified atom stereocenters. The van der Waals surface area contributed by atoms with Gasteiger partial charge in [-0.2, -0.15) is 0 Å². The van der Waals surface area contributed by atoms with Gasteiger partial charge in [0, 0.05) is 12.1 Å². The number of fused-ring (bicyclic) bond motifs is 1. The van der Waals surface area contributed by atoms with Crippen LogP contribution in [0.5, 0.6) is 5.75 Å². The molecule has 2 aromatic rings. The van der Waals surface area contributed by atoms with Crippen molar-refractivity contribution in [3.05, 3.63) is 65.2 Å². The molecule has 0 aromatic heterocycles. The van der Waals surface area contributed by atoms with Crippen molar-refractivity contribution in [3.63, 3.8) is 0 Å². The largest absolute Gasteiger partial charge is 0.488 e. The lowest BCUT2D eigenvalue weighted by Crippen LogP contribution is -2.29. The van der Waals surface area contributed by atoms with Gasteiger partial charge in [-0.15, -0.1) is 0 Å². The van der Waals surface area contributed by atoms with Gasteiger partial charge in [-0.3, -0.25) is 9.59 Å². The van der Waals surface area contributed by atoms with Crippen molar-refractivity contribution in [1.82, 2.24) is 5.32 Å². The lowest BCUT2D eigenvalue weighted by atomic mass is 10.1. The smallest absolute Gasteiger partial charge is 0.338 e. The Bertz CT molecular complexity index is 981. The van der Waals surface area contributed by atoms with Crippen LogP contribution < -0.4 is 15.4 Å². The Morgan fingerprint density at radius 1 is 1.07 bits per heavy atom. The summed E-state index contributed by atoms with van der Waals surface area (Å²) in [7, 11) is 0. The molecule has 0 bridgehead atoms. The zero-order valence-electron chi connectivity index (χ0n) is 16.9. The summed E-state index contributed by atoms with van der Waals surface area (Å²) in [5.41, 5.74) is 1.81. The zero-order valence-corrected chi connectivity index (χ0v) is 16.9. The van der Waals surface area contributed by atoms with Gasteiger partial charge >= 0.3 is 5.97 Å². The fourth-order valence-electron chi connectivity index (χ4n) is 2.83. The summed E-state index contributed by atoms with van der Waals surface area (Å²) in [6.07, 6.45) is 1.69. The maximum absolute atomic E-state index is 12.4. The monoisotopic (exact) mass is 408 g/mol. The van der Waals surface area contributed by atoms with Gasteiger partial charge < -0.3 is 20.1 Å². The third kappa shape index (κ3) is 5.47. The normalized spacial score (nSPS) is 12.3. The highest BCUT2D eigenvalue weighted by Gasteiger charge is 2.20. The minimum absolute atomic E-state index is 0.0797. The van der Waals surface area contributed by atoms with Crippen molar-refractivity contribution in [2.45, 2.75) is 13.8 Å². The van der Waals surface area contributed by atoms with Crippen molar-refractivity contribution in [2.75, 3.05) is 25.1 Å². The van der Waals surface area contributed by atoms with E-state index >= 15 is 0 Å². The first-order chi connectivity index (χ1) is 14.4. The highest BCUT2D eigenvalue weighted by atomic mass is 16.5. The van der Waals surface area contributed by atoms with Gasteiger partial charge in [0.1, 0.15) is 12.4 Å². The second-order valence-electron chi connectivity index (χ2n) is 7.27. The van der Waals surface area contributed by atoms with Crippen LogP contribution in [0, 0.1) is 5.92 Å². The number of hydrogen-bond donors (Lipinski definition) is 2. The first-order valence-electron chi connectivity index (χ1n) is 9.70. The van der Waals surface area contributed by atoms with Crippen LogP contribution in [0.1, 0.15) is 29.8 Å². The van der Waals surface area contributed by atoms with Crippen molar-refractivity contribution in [2.24, 2.45) is 5.92 Å². The number of anilines is 1. The molecule has 0 saturated heterocycles. The number of carbonyl (C=O) groups is 3. The van der Waals surface area contributed by atoms with Gasteiger partial charge in [-0.25, -0.2) is 4.79 Å². The predicted molar refractivity (Wildman–Crippen MR) is 113 cm³/mol. The maximum Gasteiger partial charge on any atom is 0.338 e. The van der Waals surface area contributed by atoms with Crippen LogP contribution in [0.25, 0.3) is 6.08 Å². The summed E-state index contributed by atoms with van der Waals surface area (Å²) >= 11 is 0. The number of benzene rings is 2. The second kappa shape index (κ2) is 9.73. The number of carbonyl (C=O) groups excluding carboxylic acids is 3. The third-order valence-electron chi connectivity index (χ3n) is 4.35. The quantitative estimate of drug-likeness (QED) is 0.687. The summed E-state index contributed by atoms with van der Waals surface area (Å²) in [4.78, 5) is 36.9. The lowest BCUT2D eigenvalue weighted by molar-refractivity contribution is -0.143. The van der Waals surface area contributed by atoms with E-state index in [1.165, 1.54) is 0 Å². The Morgan fingerprint density at radius 2 is 1.80 bits per heavy atom. The molecule has 1 aliphatic heterocycles. The van der Waals surface area contributed by atoms with E-state index in [4.69, 9.17) is 9.47 Å². The molecule has 0 radical (unpaired) electrons. The van der Waals surface area contributed by atoms with Crippen LogP contribution in [-0.2, 0) is 14.3 Å². The molecule has 1 aliphatic rings. The van der Waals surface area contributed by atoms with Crippen molar-refractivity contribution in [3.8, 4) is 5.75 Å². The van der Waals surface area contributed by atoms with Crippen LogP contribution in [0.4, 0.5) is 5.69 Å². The molecule has 1 heterocycles. The lowest BCUT2D eigenvalue weighted by Gasteiger charge is -2.17. The van der Waals surface area contributed by atoms with Gasteiger partial charge in [0.05, 0.1) is 16.8 Å². The molecule has 0 aliphatic carbocycles. The standard InChI is InChI=1S/C23H24N2O5/c1-15(2)12-24-22(27)18-8-4-5-9-19(18)25-21(26)14-30-23(28)17-11-16-7-3-6-10-20(16)29-13-17/h3-11,15H,12-14H2,1-2H3,(H,24,27)(H,25,26). The molecular formula is C23H24N2O5. The second-order valence-corrected chi connectivity index (χ2v) is 7.27. The molecule has 2 aromatic carbocycles. The van der Waals surface area contributed by atoms with Gasteiger partial charge in [-0.1, -0.05) is 44.2 Å². The summed E-state index contributed by atoms with van der Waals surface area (Å²) in [6.45, 7) is 4.12. The number of ether oxygens (including phenoxy) is 2. The molecule has 3 rings (SSSR count). The fraction of sp³-hybridized carbons (Fsp3) is 0.261. The number of amides is 2. The molecule has 0 saturated carbocycles. The van der Waals surface area contributed by atoms with Crippen LogP contribution >= 0.6 is 0 Å². The van der Waals surface area contributed by atoms with Crippen LogP contribution in [-0.4, -0.2) is 37.5 Å². The predicted octanol–water partition coefficient (Wildman–Crippen LogP) is 3.03. The van der Waals surface area contributed by atoms with E-state index in [0.717, 1.165) is 5.56 Å². The Kier molecular flexibility index (Phi) is 6.85. The minimum atomic E-state index is -0.623. The zero-order chi connectivity index (χ0) is 21.5. The van der Waals surface area contributed by atoms with E-state index in [1.807, 2.05) is 38.1 Å². The van der Waals surface area contributed by atoms with E-state index in [2.05, 4.69) is 10.6 Å². The van der Waals surface area contributed by atoms with E-state index in [0.29, 0.717) is 35.0 Å². The van der Waals surface area contributed by atoms with E-state index in [1.54, 1.807) is 30.3 Å². The first kappa shape index (κ1) is 21.1. The van der Waals surface area contributed by atoms with Crippen LogP contribution in [0.15, 0.2) is 54.1 Å². The average Bonchev–Trinajstić information content (AvgIpc) is 2.75. The number of nitrogens with one attached hydrogen (secondary N) is 2. The van der Waals surface area contributed by atoms with E-state index in [-0.39, 0.29) is 12.5 Å². The van der Waals surface area contributed by atoms with E-state index in [9.17, 15) is 14.4 Å². The highest BCUT2D eigenvalue weighted by molar-refractivity contribution is 6.04. The first-order valence-corrected chi connectivity index (χ1v) is 9.70. The number of rotatable bonds is 7. The number of hydrogen-bond acceptors (Lipinski definition) is 5. The Balaban J connectivity index is 1.57. The Morgan fingerprint density at radius 3 is 2.60 bits per heavy atom. The van der Waals surface area contributed by atoms with Gasteiger partial charge in [-0.05, 0) is 30.2 Å². The van der Waals surface area contributed by atoms with E-state index < -0.39 is 18.5 Å². The molecule has 7 heteroatoms. The van der Waals surface area contributed by atoms with Gasteiger partial charge in [0.15, 0.2) is 6.61 Å². The summed E-state index contributed by atoms with van der Waals surface area (Å²) < 4.78 is 10.6. The van der Waals surface area contributed by atoms with Crippen molar-refractivity contribution in [1.29, 1.82) is 0 Å². The summed E-state index contributed by atoms with van der Waals surface area (Å²) in [6, 6.07) is 14.0. The van der Waals surface area contributed by atoms with Gasteiger partial charge in [0.25, 0.3) is 11.8 Å². The summed E-state index contributed by atoms with van der Waals surface area (Å²) in [5, 5.41) is 5.44. The highest BCUT2D eigenvalue weighted by Crippen LogP contribution is 2.26. The topological polar surface area (TPSA) is 93.7 Å². The number of para-hydroxylation sites is 2. The minimum Gasteiger partial charge on any atom is -0.488 e. The van der Waals surface area contributed by atoms with Gasteiger partial charge in [0.2, 0.25) is 0 Å². The molecule has 0 atom stereocenters. The SMILES string of the molecule is CC(C)CNC(=O)c1ccccc1NC(=O)COC(=O)C1=Cc2ccccc2OC1. The average molecular weight is 408 g/mol. The molecule has 156 valence electrons. The van der Waals surface area contributed by atoms with Crippen molar-refractivity contribution >= 4 is 29.5 Å². The molecule has 2 N–H and O–H groups in total. The Labute approximate surface area is 175 Å². The molecular weight excluding hydrogens is 384 g/mol. The fourth-order valence-corrected chi connectivity index (χ4v) is 2.83. The molecule has 30 heavy (non-hydrogen) atoms. The molecule has 0 spiro atoms. The number of esters is 1.